The fraction of sp³-hybridized carbons (Fsp3) is 0.733. The Bertz CT molecular complexity index is 382. The van der Waals surface area contributed by atoms with E-state index < -0.39 is 0 Å². The van der Waals surface area contributed by atoms with Crippen molar-refractivity contribution in [1.29, 1.82) is 0 Å². The molecule has 3 atom stereocenters. The lowest BCUT2D eigenvalue weighted by Gasteiger charge is -2.47. The van der Waals surface area contributed by atoms with E-state index in [2.05, 4.69) is 32.5 Å². The molecule has 0 radical (unpaired) electrons. The Morgan fingerprint density at radius 1 is 1.53 bits per heavy atom. The predicted molar refractivity (Wildman–Crippen MR) is 71.5 cm³/mol. The van der Waals surface area contributed by atoms with Crippen LogP contribution in [0, 0.1) is 22.2 Å². The Morgan fingerprint density at radius 2 is 2.24 bits per heavy atom. The van der Waals surface area contributed by atoms with E-state index in [1.807, 2.05) is 0 Å². The molecule has 3 unspecified atom stereocenters. The first kappa shape index (κ1) is 12.5. The minimum Gasteiger partial charge on any atom is -0.145 e. The van der Waals surface area contributed by atoms with Crippen molar-refractivity contribution >= 4 is 0 Å². The first-order chi connectivity index (χ1) is 7.99. The van der Waals surface area contributed by atoms with E-state index in [1.54, 1.807) is 0 Å². The van der Waals surface area contributed by atoms with E-state index in [0.717, 1.165) is 25.0 Å². The molecule has 2 aliphatic rings. The molecule has 17 heavy (non-hydrogen) atoms. The Hall–Kier alpha value is -0.920. The highest BCUT2D eigenvalue weighted by atomic mass is 16.3. The van der Waals surface area contributed by atoms with Crippen molar-refractivity contribution in [3.05, 3.63) is 28.3 Å². The molecule has 2 rings (SSSR count). The summed E-state index contributed by atoms with van der Waals surface area (Å²) in [4.78, 5) is 11.1. The van der Waals surface area contributed by atoms with Crippen LogP contribution in [0.15, 0.2) is 28.6 Å². The molecule has 0 bridgehead atoms. The molecule has 1 fully saturated rings. The van der Waals surface area contributed by atoms with Gasteiger partial charge >= 0.3 is 0 Å². The van der Waals surface area contributed by atoms with E-state index >= 15 is 0 Å². The summed E-state index contributed by atoms with van der Waals surface area (Å²) < 4.78 is 0. The third kappa shape index (κ3) is 1.98. The fourth-order valence-corrected chi connectivity index (χ4v) is 3.67. The molecule has 0 aromatic carbocycles. The molecule has 0 spiro atoms. The van der Waals surface area contributed by atoms with Gasteiger partial charge in [-0.1, -0.05) is 26.0 Å². The van der Waals surface area contributed by atoms with Crippen LogP contribution >= 0.6 is 0 Å². The minimum absolute atomic E-state index is 0.184. The SMILES string of the molecule is C=C(C)C1CC(N=O)=C2CCCC(C)C2(C)C1. The quantitative estimate of drug-likeness (QED) is 0.496. The Labute approximate surface area is 104 Å². The molecule has 0 amide bonds. The maximum Gasteiger partial charge on any atom is 0.0852 e. The lowest BCUT2D eigenvalue weighted by atomic mass is 9.57. The predicted octanol–water partition coefficient (Wildman–Crippen LogP) is 4.82. The summed E-state index contributed by atoms with van der Waals surface area (Å²) in [5.74, 6) is 1.10. The van der Waals surface area contributed by atoms with Gasteiger partial charge in [-0.25, -0.2) is 0 Å². The van der Waals surface area contributed by atoms with Gasteiger partial charge in [0.15, 0.2) is 0 Å². The van der Waals surface area contributed by atoms with Crippen LogP contribution in [0.5, 0.6) is 0 Å². The summed E-state index contributed by atoms with van der Waals surface area (Å²) in [5, 5.41) is 3.33. The average Bonchev–Trinajstić information content (AvgIpc) is 2.29. The first-order valence-electron chi connectivity index (χ1n) is 6.70. The molecular formula is C15H23NO. The largest absolute Gasteiger partial charge is 0.145 e. The molecule has 1 saturated carbocycles. The maximum atomic E-state index is 11.1. The molecular weight excluding hydrogens is 210 g/mol. The summed E-state index contributed by atoms with van der Waals surface area (Å²) in [6, 6.07) is 0. The Morgan fingerprint density at radius 3 is 2.82 bits per heavy atom. The van der Waals surface area contributed by atoms with Gasteiger partial charge in [0.05, 0.1) is 5.70 Å². The fourth-order valence-electron chi connectivity index (χ4n) is 3.67. The topological polar surface area (TPSA) is 29.4 Å². The second kappa shape index (κ2) is 4.40. The van der Waals surface area contributed by atoms with Gasteiger partial charge < -0.3 is 0 Å². The van der Waals surface area contributed by atoms with E-state index in [-0.39, 0.29) is 5.41 Å². The van der Waals surface area contributed by atoms with Crippen LogP contribution < -0.4 is 0 Å². The Balaban J connectivity index is 2.43. The van der Waals surface area contributed by atoms with Crippen molar-refractivity contribution < 1.29 is 0 Å². The number of nitrogens with zero attached hydrogens (tertiary/aromatic N) is 1. The lowest BCUT2D eigenvalue weighted by Crippen LogP contribution is -2.37. The number of nitroso groups, excluding NO2 is 1. The van der Waals surface area contributed by atoms with Gasteiger partial charge in [0.25, 0.3) is 0 Å². The summed E-state index contributed by atoms with van der Waals surface area (Å²) >= 11 is 0. The van der Waals surface area contributed by atoms with E-state index in [1.165, 1.54) is 24.0 Å². The van der Waals surface area contributed by atoms with Crippen molar-refractivity contribution in [3.8, 4) is 0 Å². The highest BCUT2D eigenvalue weighted by molar-refractivity contribution is 5.29. The smallest absolute Gasteiger partial charge is 0.0852 e. The number of hydrogen-bond acceptors (Lipinski definition) is 2. The van der Waals surface area contributed by atoms with Crippen molar-refractivity contribution in [3.63, 3.8) is 0 Å². The van der Waals surface area contributed by atoms with Crippen molar-refractivity contribution in [2.75, 3.05) is 0 Å². The van der Waals surface area contributed by atoms with Crippen LogP contribution in [0.1, 0.15) is 52.9 Å². The standard InChI is InChI=1S/C15H23NO/c1-10(2)12-8-14(16-17)13-7-5-6-11(3)15(13,4)9-12/h11-12H,1,5-9H2,2-4H3. The zero-order chi connectivity index (χ0) is 12.6. The summed E-state index contributed by atoms with van der Waals surface area (Å²) in [5.41, 5.74) is 3.56. The lowest BCUT2D eigenvalue weighted by molar-refractivity contribution is 0.147. The van der Waals surface area contributed by atoms with Crippen molar-refractivity contribution in [2.24, 2.45) is 22.4 Å². The third-order valence-corrected chi connectivity index (χ3v) is 5.11. The van der Waals surface area contributed by atoms with Crippen LogP contribution in [0.3, 0.4) is 0 Å². The van der Waals surface area contributed by atoms with E-state index in [4.69, 9.17) is 0 Å². The zero-order valence-electron chi connectivity index (χ0n) is 11.3. The number of hydrogen-bond donors (Lipinski definition) is 0. The summed E-state index contributed by atoms with van der Waals surface area (Å²) in [6.07, 6.45) is 5.52. The molecule has 2 aliphatic carbocycles. The Kier molecular flexibility index (Phi) is 3.24. The molecule has 0 aromatic rings. The van der Waals surface area contributed by atoms with Crippen LogP contribution in [0.25, 0.3) is 0 Å². The molecule has 0 aromatic heterocycles. The van der Waals surface area contributed by atoms with Crippen LogP contribution in [0.4, 0.5) is 0 Å². The second-order valence-electron chi connectivity index (χ2n) is 6.18. The van der Waals surface area contributed by atoms with Crippen molar-refractivity contribution in [2.45, 2.75) is 52.9 Å². The van der Waals surface area contributed by atoms with Gasteiger partial charge in [-0.3, -0.25) is 0 Å². The number of allylic oxidation sites excluding steroid dienone is 3. The molecule has 0 heterocycles. The maximum absolute atomic E-state index is 11.1. The molecule has 94 valence electrons. The summed E-state index contributed by atoms with van der Waals surface area (Å²) in [7, 11) is 0. The normalized spacial score (nSPS) is 37.6. The monoisotopic (exact) mass is 233 g/mol. The first-order valence-corrected chi connectivity index (χ1v) is 6.70. The molecule has 2 nitrogen and oxygen atoms in total. The summed E-state index contributed by atoms with van der Waals surface area (Å²) in [6.45, 7) is 10.8. The van der Waals surface area contributed by atoms with Gasteiger partial charge in [-0.05, 0) is 67.0 Å². The average molecular weight is 233 g/mol. The zero-order valence-corrected chi connectivity index (χ0v) is 11.3. The minimum atomic E-state index is 0.184. The van der Waals surface area contributed by atoms with Gasteiger partial charge in [0.1, 0.15) is 0 Å². The van der Waals surface area contributed by atoms with Gasteiger partial charge in [0.2, 0.25) is 0 Å². The van der Waals surface area contributed by atoms with Gasteiger partial charge in [0, 0.05) is 0 Å². The van der Waals surface area contributed by atoms with Gasteiger partial charge in [-0.15, -0.1) is 4.91 Å². The van der Waals surface area contributed by atoms with Crippen LogP contribution in [-0.2, 0) is 0 Å². The molecule has 0 aliphatic heterocycles. The molecule has 2 heteroatoms. The second-order valence-corrected chi connectivity index (χ2v) is 6.18. The number of fused-ring (bicyclic) bond motifs is 1. The highest BCUT2D eigenvalue weighted by Gasteiger charge is 2.44. The molecule has 0 saturated heterocycles. The highest BCUT2D eigenvalue weighted by Crippen LogP contribution is 2.55. The van der Waals surface area contributed by atoms with Gasteiger partial charge in [-0.2, -0.15) is 0 Å². The van der Waals surface area contributed by atoms with Crippen LogP contribution in [0.2, 0.25) is 0 Å². The molecule has 0 N–H and O–H groups in total. The van der Waals surface area contributed by atoms with Crippen molar-refractivity contribution in [1.82, 2.24) is 0 Å². The van der Waals surface area contributed by atoms with E-state index in [9.17, 15) is 4.91 Å². The third-order valence-electron chi connectivity index (χ3n) is 5.11. The number of rotatable bonds is 2. The van der Waals surface area contributed by atoms with Crippen LogP contribution in [-0.4, -0.2) is 0 Å². The van der Waals surface area contributed by atoms with E-state index in [0.29, 0.717) is 11.8 Å².